The van der Waals surface area contributed by atoms with Gasteiger partial charge in [-0.15, -0.1) is 0 Å². The van der Waals surface area contributed by atoms with E-state index in [1.165, 1.54) is 11.1 Å². The van der Waals surface area contributed by atoms with Crippen molar-refractivity contribution in [2.75, 3.05) is 0 Å². The molecule has 0 aliphatic carbocycles. The monoisotopic (exact) mass is 283 g/mol. The molecule has 2 aromatic rings. The molecule has 1 aromatic heterocycles. The molecule has 0 atom stereocenters. The van der Waals surface area contributed by atoms with Crippen LogP contribution in [0.25, 0.3) is 0 Å². The molecular weight excluding hydrogens is 266 g/mol. The van der Waals surface area contributed by atoms with Crippen molar-refractivity contribution >= 4 is 5.91 Å². The lowest BCUT2D eigenvalue weighted by atomic mass is 10.1. The van der Waals surface area contributed by atoms with Gasteiger partial charge in [-0.05, 0) is 35.7 Å². The predicted octanol–water partition coefficient (Wildman–Crippen LogP) is 1.22. The summed E-state index contributed by atoms with van der Waals surface area (Å²) >= 11 is 0. The van der Waals surface area contributed by atoms with Gasteiger partial charge in [-0.2, -0.15) is 0 Å². The van der Waals surface area contributed by atoms with E-state index in [2.05, 4.69) is 27.8 Å². The first-order valence-corrected chi connectivity index (χ1v) is 6.93. The van der Waals surface area contributed by atoms with Crippen LogP contribution >= 0.6 is 0 Å². The second-order valence-electron chi connectivity index (χ2n) is 5.27. The van der Waals surface area contributed by atoms with Gasteiger partial charge >= 0.3 is 0 Å². The summed E-state index contributed by atoms with van der Waals surface area (Å²) in [6.45, 7) is 3.97. The second-order valence-corrected chi connectivity index (χ2v) is 5.27. The Morgan fingerprint density at radius 2 is 2.00 bits per heavy atom. The standard InChI is InChI=1S/C16H17N3O2/c1-10-2-5-14(16(21)19-10)15(20)18-7-11-3-4-12-8-17-9-13(12)6-11/h2-6,17H,7-9H2,1H3,(H,18,20)(H,19,21). The van der Waals surface area contributed by atoms with Gasteiger partial charge < -0.3 is 15.6 Å². The van der Waals surface area contributed by atoms with E-state index in [0.29, 0.717) is 6.54 Å². The maximum absolute atomic E-state index is 12.0. The molecule has 0 unspecified atom stereocenters. The highest BCUT2D eigenvalue weighted by Crippen LogP contribution is 2.16. The van der Waals surface area contributed by atoms with E-state index in [1.807, 2.05) is 6.07 Å². The molecule has 5 heteroatoms. The number of hydrogen-bond acceptors (Lipinski definition) is 3. The van der Waals surface area contributed by atoms with E-state index < -0.39 is 0 Å². The lowest BCUT2D eigenvalue weighted by Gasteiger charge is -2.07. The fourth-order valence-corrected chi connectivity index (χ4v) is 2.49. The first kappa shape index (κ1) is 13.6. The molecule has 1 aliphatic rings. The third-order valence-electron chi connectivity index (χ3n) is 3.65. The lowest BCUT2D eigenvalue weighted by molar-refractivity contribution is 0.0949. The number of aryl methyl sites for hydroxylation is 1. The molecular formula is C16H17N3O2. The summed E-state index contributed by atoms with van der Waals surface area (Å²) < 4.78 is 0. The van der Waals surface area contributed by atoms with Crippen LogP contribution < -0.4 is 16.2 Å². The number of aromatic amines is 1. The van der Waals surface area contributed by atoms with E-state index in [-0.39, 0.29) is 17.0 Å². The molecule has 1 aliphatic heterocycles. The van der Waals surface area contributed by atoms with Crippen molar-refractivity contribution in [3.63, 3.8) is 0 Å². The summed E-state index contributed by atoms with van der Waals surface area (Å²) in [5.41, 5.74) is 4.14. The van der Waals surface area contributed by atoms with E-state index in [9.17, 15) is 9.59 Å². The highest BCUT2D eigenvalue weighted by atomic mass is 16.2. The van der Waals surface area contributed by atoms with Crippen LogP contribution in [0.5, 0.6) is 0 Å². The van der Waals surface area contributed by atoms with Crippen molar-refractivity contribution in [1.29, 1.82) is 0 Å². The Morgan fingerprint density at radius 1 is 1.19 bits per heavy atom. The third kappa shape index (κ3) is 2.87. The van der Waals surface area contributed by atoms with Crippen molar-refractivity contribution in [3.05, 3.63) is 68.6 Å². The van der Waals surface area contributed by atoms with Gasteiger partial charge in [0.05, 0.1) is 0 Å². The normalized spacial score (nSPS) is 13.0. The number of H-pyrrole nitrogens is 1. The molecule has 2 heterocycles. The molecule has 1 amide bonds. The van der Waals surface area contributed by atoms with Crippen LogP contribution in [0.2, 0.25) is 0 Å². The van der Waals surface area contributed by atoms with Gasteiger partial charge in [-0.3, -0.25) is 9.59 Å². The Kier molecular flexibility index (Phi) is 3.58. The second kappa shape index (κ2) is 5.54. The maximum atomic E-state index is 12.0. The zero-order chi connectivity index (χ0) is 14.8. The molecule has 0 fully saturated rings. The number of rotatable bonds is 3. The molecule has 1 aromatic carbocycles. The first-order valence-electron chi connectivity index (χ1n) is 6.93. The maximum Gasteiger partial charge on any atom is 0.260 e. The Balaban J connectivity index is 1.70. The lowest BCUT2D eigenvalue weighted by Crippen LogP contribution is -2.29. The average Bonchev–Trinajstić information content (AvgIpc) is 2.92. The van der Waals surface area contributed by atoms with Crippen molar-refractivity contribution in [2.45, 2.75) is 26.6 Å². The largest absolute Gasteiger partial charge is 0.348 e. The Hall–Kier alpha value is -2.40. The number of aromatic nitrogens is 1. The molecule has 0 spiro atoms. The van der Waals surface area contributed by atoms with Crippen molar-refractivity contribution in [2.24, 2.45) is 0 Å². The number of fused-ring (bicyclic) bond motifs is 1. The minimum atomic E-state index is -0.356. The van der Waals surface area contributed by atoms with Crippen LogP contribution in [-0.4, -0.2) is 10.9 Å². The van der Waals surface area contributed by atoms with Crippen molar-refractivity contribution in [3.8, 4) is 0 Å². The summed E-state index contributed by atoms with van der Waals surface area (Å²) in [6.07, 6.45) is 0. The molecule has 21 heavy (non-hydrogen) atoms. The molecule has 0 bridgehead atoms. The molecule has 0 radical (unpaired) electrons. The number of hydrogen-bond donors (Lipinski definition) is 3. The van der Waals surface area contributed by atoms with Crippen LogP contribution in [0.4, 0.5) is 0 Å². The smallest absolute Gasteiger partial charge is 0.260 e. The van der Waals surface area contributed by atoms with Crippen molar-refractivity contribution in [1.82, 2.24) is 15.6 Å². The Morgan fingerprint density at radius 3 is 2.81 bits per heavy atom. The quantitative estimate of drug-likeness (QED) is 0.793. The van der Waals surface area contributed by atoms with E-state index in [0.717, 1.165) is 24.3 Å². The summed E-state index contributed by atoms with van der Waals surface area (Å²) in [5, 5.41) is 6.07. The van der Waals surface area contributed by atoms with Gasteiger partial charge in [-0.25, -0.2) is 0 Å². The van der Waals surface area contributed by atoms with Gasteiger partial charge in [0.25, 0.3) is 11.5 Å². The number of nitrogens with one attached hydrogen (secondary N) is 3. The number of benzene rings is 1. The fourth-order valence-electron chi connectivity index (χ4n) is 2.49. The highest BCUT2D eigenvalue weighted by molar-refractivity contribution is 5.93. The van der Waals surface area contributed by atoms with Crippen LogP contribution in [0.3, 0.4) is 0 Å². The number of carbonyl (C=O) groups is 1. The van der Waals surface area contributed by atoms with Crippen LogP contribution in [0.15, 0.2) is 35.1 Å². The zero-order valence-corrected chi connectivity index (χ0v) is 11.8. The topological polar surface area (TPSA) is 74.0 Å². The van der Waals surface area contributed by atoms with Gasteiger partial charge in [0.1, 0.15) is 5.56 Å². The molecule has 3 N–H and O–H groups in total. The van der Waals surface area contributed by atoms with Crippen LogP contribution in [0.1, 0.15) is 32.7 Å². The molecule has 5 nitrogen and oxygen atoms in total. The molecule has 0 saturated heterocycles. The van der Waals surface area contributed by atoms with Crippen molar-refractivity contribution < 1.29 is 4.79 Å². The van der Waals surface area contributed by atoms with E-state index in [1.54, 1.807) is 19.1 Å². The SMILES string of the molecule is Cc1ccc(C(=O)NCc2ccc3c(c2)CNC3)c(=O)[nH]1. The summed E-state index contributed by atoms with van der Waals surface area (Å²) in [6, 6.07) is 9.45. The minimum absolute atomic E-state index is 0.142. The minimum Gasteiger partial charge on any atom is -0.348 e. The fraction of sp³-hybridized carbons (Fsp3) is 0.250. The van der Waals surface area contributed by atoms with Gasteiger partial charge in [0, 0.05) is 25.3 Å². The molecule has 3 rings (SSSR count). The molecule has 108 valence electrons. The summed E-state index contributed by atoms with van der Waals surface area (Å²) in [5.74, 6) is -0.352. The Labute approximate surface area is 122 Å². The van der Waals surface area contributed by atoms with Gasteiger partial charge in [0.2, 0.25) is 0 Å². The number of amides is 1. The summed E-state index contributed by atoms with van der Waals surface area (Å²) in [4.78, 5) is 26.4. The zero-order valence-electron chi connectivity index (χ0n) is 11.8. The average molecular weight is 283 g/mol. The van der Waals surface area contributed by atoms with Gasteiger partial charge in [-0.1, -0.05) is 18.2 Å². The van der Waals surface area contributed by atoms with Crippen LogP contribution in [0, 0.1) is 6.92 Å². The van der Waals surface area contributed by atoms with E-state index in [4.69, 9.17) is 0 Å². The van der Waals surface area contributed by atoms with E-state index >= 15 is 0 Å². The summed E-state index contributed by atoms with van der Waals surface area (Å²) in [7, 11) is 0. The number of carbonyl (C=O) groups excluding carboxylic acids is 1. The molecule has 0 saturated carbocycles. The van der Waals surface area contributed by atoms with Gasteiger partial charge in [0.15, 0.2) is 0 Å². The van der Waals surface area contributed by atoms with Crippen LogP contribution in [-0.2, 0) is 19.6 Å². The predicted molar refractivity (Wildman–Crippen MR) is 80.0 cm³/mol. The third-order valence-corrected chi connectivity index (χ3v) is 3.65. The first-order chi connectivity index (χ1) is 10.1. The Bertz CT molecular complexity index is 749. The highest BCUT2D eigenvalue weighted by Gasteiger charge is 2.12. The number of pyridine rings is 1.